The smallest absolute Gasteiger partial charge is 0.303 e. The second-order valence-electron chi connectivity index (χ2n) is 13.2. The van der Waals surface area contributed by atoms with Gasteiger partial charge in [-0.1, -0.05) is 52.7 Å². The molecule has 4 aliphatic carbocycles. The summed E-state index contributed by atoms with van der Waals surface area (Å²) in [6.07, 6.45) is 10.4. The largest absolute Gasteiger partial charge is 0.481 e. The van der Waals surface area contributed by atoms with Gasteiger partial charge in [-0.15, -0.1) is 0 Å². The van der Waals surface area contributed by atoms with Crippen LogP contribution in [0.15, 0.2) is 11.1 Å². The first-order valence-electron chi connectivity index (χ1n) is 13.4. The molecular weight excluding hydrogens is 412 g/mol. The van der Waals surface area contributed by atoms with E-state index in [2.05, 4.69) is 41.5 Å². The van der Waals surface area contributed by atoms with Gasteiger partial charge in [0.2, 0.25) is 0 Å². The highest BCUT2D eigenvalue weighted by atomic mass is 16.5. The molecule has 7 atom stereocenters. The molecule has 2 fully saturated rings. The highest BCUT2D eigenvalue weighted by Gasteiger charge is 2.63. The SMILES string of the molecule is CC(=O)O[C@H]1CC[C@]2(C)C3=C(CC[C@H]2C1(C)C)[C@]1(C)CC[C@@H]([C@@H](C)CCC(=O)O)[C@@]1(C)CC3. The molecule has 0 aromatic heterocycles. The van der Waals surface area contributed by atoms with Crippen LogP contribution in [0.25, 0.3) is 0 Å². The lowest BCUT2D eigenvalue weighted by molar-refractivity contribution is -0.167. The Bertz CT molecular complexity index is 856. The summed E-state index contributed by atoms with van der Waals surface area (Å²) in [5, 5.41) is 9.22. The minimum Gasteiger partial charge on any atom is -0.481 e. The van der Waals surface area contributed by atoms with Crippen molar-refractivity contribution >= 4 is 11.9 Å². The van der Waals surface area contributed by atoms with Crippen LogP contribution in [0.3, 0.4) is 0 Å². The fraction of sp³-hybridized carbons (Fsp3) is 0.862. The van der Waals surface area contributed by atoms with Crippen molar-refractivity contribution in [3.05, 3.63) is 11.1 Å². The van der Waals surface area contributed by atoms with Crippen molar-refractivity contribution in [2.24, 2.45) is 39.4 Å². The third kappa shape index (κ3) is 3.60. The number of hydrogen-bond donors (Lipinski definition) is 1. The Balaban J connectivity index is 1.65. The van der Waals surface area contributed by atoms with Crippen molar-refractivity contribution in [1.82, 2.24) is 0 Å². The van der Waals surface area contributed by atoms with Crippen LogP contribution in [0.4, 0.5) is 0 Å². The minimum absolute atomic E-state index is 0.0115. The van der Waals surface area contributed by atoms with Crippen molar-refractivity contribution in [1.29, 1.82) is 0 Å². The lowest BCUT2D eigenvalue weighted by Gasteiger charge is -2.62. The molecule has 186 valence electrons. The average Bonchev–Trinajstić information content (AvgIpc) is 3.00. The predicted octanol–water partition coefficient (Wildman–Crippen LogP) is 7.17. The molecule has 0 bridgehead atoms. The number of aliphatic carboxylic acids is 1. The summed E-state index contributed by atoms with van der Waals surface area (Å²) in [4.78, 5) is 23.0. The van der Waals surface area contributed by atoms with Crippen molar-refractivity contribution in [2.45, 2.75) is 119 Å². The van der Waals surface area contributed by atoms with Crippen LogP contribution in [0.5, 0.6) is 0 Å². The zero-order valence-corrected chi connectivity index (χ0v) is 22.1. The number of carboxylic acids is 1. The van der Waals surface area contributed by atoms with Crippen LogP contribution < -0.4 is 0 Å². The molecule has 4 rings (SSSR count). The standard InChI is InChI=1S/C29H46O4/c1-18(8-11-25(31)32)20-12-16-29(7)22-9-10-23-26(3,4)24(33-19(2)30)14-15-27(23,5)21(22)13-17-28(20,29)6/h18,20,23-24H,8-17H2,1-7H3,(H,31,32)/t18-,20-,23-,24-,27+,28+,29-/m0/s1. The van der Waals surface area contributed by atoms with Crippen LogP contribution in [-0.2, 0) is 14.3 Å². The highest BCUT2D eigenvalue weighted by Crippen LogP contribution is 2.72. The topological polar surface area (TPSA) is 63.6 Å². The fourth-order valence-corrected chi connectivity index (χ4v) is 9.58. The van der Waals surface area contributed by atoms with Crippen LogP contribution in [0, 0.1) is 39.4 Å². The van der Waals surface area contributed by atoms with Crippen molar-refractivity contribution < 1.29 is 19.4 Å². The molecule has 0 radical (unpaired) electrons. The maximum atomic E-state index is 11.8. The van der Waals surface area contributed by atoms with Gasteiger partial charge in [0.05, 0.1) is 0 Å². The molecule has 0 aromatic carbocycles. The maximum absolute atomic E-state index is 11.8. The lowest BCUT2D eigenvalue weighted by atomic mass is 9.43. The summed E-state index contributed by atoms with van der Waals surface area (Å²) >= 11 is 0. The quantitative estimate of drug-likeness (QED) is 0.350. The van der Waals surface area contributed by atoms with Crippen LogP contribution in [-0.4, -0.2) is 23.1 Å². The van der Waals surface area contributed by atoms with Crippen LogP contribution >= 0.6 is 0 Å². The molecule has 0 spiro atoms. The predicted molar refractivity (Wildman–Crippen MR) is 131 cm³/mol. The van der Waals surface area contributed by atoms with Gasteiger partial charge in [-0.25, -0.2) is 0 Å². The Morgan fingerprint density at radius 2 is 1.70 bits per heavy atom. The number of hydrogen-bond acceptors (Lipinski definition) is 3. The van der Waals surface area contributed by atoms with Crippen LogP contribution in [0.2, 0.25) is 0 Å². The molecule has 1 N–H and O–H groups in total. The number of esters is 1. The van der Waals surface area contributed by atoms with Gasteiger partial charge in [0.1, 0.15) is 6.10 Å². The Labute approximate surface area is 200 Å². The van der Waals surface area contributed by atoms with Crippen molar-refractivity contribution in [3.8, 4) is 0 Å². The van der Waals surface area contributed by atoms with Crippen LogP contribution in [0.1, 0.15) is 113 Å². The molecule has 2 saturated carbocycles. The number of fused-ring (bicyclic) bond motifs is 4. The second kappa shape index (κ2) is 8.12. The molecule has 0 unspecified atom stereocenters. The first-order chi connectivity index (χ1) is 15.3. The van der Waals surface area contributed by atoms with E-state index in [4.69, 9.17) is 4.74 Å². The fourth-order valence-electron chi connectivity index (χ4n) is 9.58. The molecule has 4 heteroatoms. The molecule has 0 saturated heterocycles. The van der Waals surface area contributed by atoms with E-state index in [-0.39, 0.29) is 40.2 Å². The van der Waals surface area contributed by atoms with E-state index >= 15 is 0 Å². The van der Waals surface area contributed by atoms with E-state index in [9.17, 15) is 14.7 Å². The Morgan fingerprint density at radius 1 is 1.00 bits per heavy atom. The number of rotatable bonds is 5. The van der Waals surface area contributed by atoms with Gasteiger partial charge in [0.15, 0.2) is 0 Å². The summed E-state index contributed by atoms with van der Waals surface area (Å²) in [5.41, 5.74) is 4.18. The molecule has 4 nitrogen and oxygen atoms in total. The Hall–Kier alpha value is -1.32. The average molecular weight is 459 g/mol. The summed E-state index contributed by atoms with van der Waals surface area (Å²) in [5.74, 6) is 0.793. The molecule has 33 heavy (non-hydrogen) atoms. The zero-order valence-electron chi connectivity index (χ0n) is 22.1. The molecular formula is C29H46O4. The summed E-state index contributed by atoms with van der Waals surface area (Å²) in [6, 6.07) is 0. The molecule has 0 amide bonds. The zero-order chi connectivity index (χ0) is 24.4. The van der Waals surface area contributed by atoms with Gasteiger partial charge in [0.25, 0.3) is 0 Å². The number of allylic oxidation sites excluding steroid dienone is 2. The van der Waals surface area contributed by atoms with Crippen molar-refractivity contribution in [3.63, 3.8) is 0 Å². The number of carbonyl (C=O) groups is 2. The third-order valence-corrected chi connectivity index (χ3v) is 11.6. The first kappa shape index (κ1) is 24.8. The summed E-state index contributed by atoms with van der Waals surface area (Å²) < 4.78 is 5.83. The van der Waals surface area contributed by atoms with E-state index in [1.807, 2.05) is 0 Å². The van der Waals surface area contributed by atoms with E-state index < -0.39 is 5.97 Å². The van der Waals surface area contributed by atoms with Gasteiger partial charge in [-0.2, -0.15) is 0 Å². The van der Waals surface area contributed by atoms with Crippen molar-refractivity contribution in [2.75, 3.05) is 0 Å². The van der Waals surface area contributed by atoms with E-state index in [1.54, 1.807) is 18.1 Å². The van der Waals surface area contributed by atoms with Gasteiger partial charge in [-0.3, -0.25) is 9.59 Å². The number of ether oxygens (including phenoxy) is 1. The Morgan fingerprint density at radius 3 is 2.33 bits per heavy atom. The van der Waals surface area contributed by atoms with E-state index in [1.165, 1.54) is 38.5 Å². The Kier molecular flexibility index (Phi) is 6.10. The monoisotopic (exact) mass is 458 g/mol. The minimum atomic E-state index is -0.667. The number of carboxylic acid groups (broad SMARTS) is 1. The maximum Gasteiger partial charge on any atom is 0.303 e. The first-order valence-corrected chi connectivity index (χ1v) is 13.4. The van der Waals surface area contributed by atoms with E-state index in [0.717, 1.165) is 19.3 Å². The van der Waals surface area contributed by atoms with Gasteiger partial charge in [0, 0.05) is 18.8 Å². The molecule has 0 heterocycles. The molecule has 0 aromatic rings. The summed E-state index contributed by atoms with van der Waals surface area (Å²) in [7, 11) is 0. The normalized spacial score (nSPS) is 42.7. The highest BCUT2D eigenvalue weighted by molar-refractivity contribution is 5.66. The van der Waals surface area contributed by atoms with Gasteiger partial charge >= 0.3 is 11.9 Å². The van der Waals surface area contributed by atoms with E-state index in [0.29, 0.717) is 17.8 Å². The van der Waals surface area contributed by atoms with Gasteiger partial charge < -0.3 is 9.84 Å². The van der Waals surface area contributed by atoms with Gasteiger partial charge in [-0.05, 0) is 91.8 Å². The molecule has 4 aliphatic rings. The second-order valence-corrected chi connectivity index (χ2v) is 13.2. The lowest BCUT2D eigenvalue weighted by Crippen LogP contribution is -2.55. The third-order valence-electron chi connectivity index (χ3n) is 11.6. The number of carbonyl (C=O) groups excluding carboxylic acids is 1. The summed E-state index contributed by atoms with van der Waals surface area (Å²) in [6.45, 7) is 16.1. The molecule has 0 aliphatic heterocycles.